The van der Waals surface area contributed by atoms with Crippen molar-refractivity contribution in [2.45, 2.75) is 25.5 Å². The third-order valence-corrected chi connectivity index (χ3v) is 5.10. The van der Waals surface area contributed by atoms with Crippen LogP contribution < -0.4 is 0 Å². The molecule has 128 valence electrons. The molecule has 0 aliphatic carbocycles. The Bertz CT molecular complexity index is 860. The fraction of sp³-hybridized carbons (Fsp3) is 0.316. The first-order valence-electron chi connectivity index (χ1n) is 8.43. The van der Waals surface area contributed by atoms with Gasteiger partial charge in [0.05, 0.1) is 6.10 Å². The van der Waals surface area contributed by atoms with Gasteiger partial charge in [-0.05, 0) is 59.5 Å². The number of carbonyl (C=O) groups excluding carboxylic acids is 1. The zero-order valence-electron chi connectivity index (χ0n) is 13.8. The smallest absolute Gasteiger partial charge is 0.272 e. The van der Waals surface area contributed by atoms with Crippen LogP contribution in [0.4, 0.5) is 0 Å². The van der Waals surface area contributed by atoms with Crippen molar-refractivity contribution in [3.63, 3.8) is 0 Å². The van der Waals surface area contributed by atoms with E-state index in [0.717, 1.165) is 30.4 Å². The fourth-order valence-corrected chi connectivity index (χ4v) is 3.75. The van der Waals surface area contributed by atoms with Gasteiger partial charge in [0.1, 0.15) is 5.69 Å². The summed E-state index contributed by atoms with van der Waals surface area (Å²) in [6.07, 6.45) is 3.86. The first-order chi connectivity index (χ1) is 12.3. The Morgan fingerprint density at radius 3 is 3.08 bits per heavy atom. The highest BCUT2D eigenvalue weighted by molar-refractivity contribution is 7.07. The molecule has 1 amide bonds. The summed E-state index contributed by atoms with van der Waals surface area (Å²) < 4.78 is 5.73. The molecule has 1 atom stereocenters. The van der Waals surface area contributed by atoms with E-state index in [1.807, 2.05) is 28.5 Å². The minimum Gasteiger partial charge on any atom is -0.376 e. The molecule has 0 bridgehead atoms. The Balaban J connectivity index is 1.60. The molecule has 25 heavy (non-hydrogen) atoms. The molecule has 1 aliphatic heterocycles. The molecule has 1 fully saturated rings. The molecule has 0 N–H and O–H groups in total. The van der Waals surface area contributed by atoms with Crippen LogP contribution in [0.2, 0.25) is 0 Å². The predicted molar refractivity (Wildman–Crippen MR) is 97.6 cm³/mol. The number of aromatic nitrogens is 2. The van der Waals surface area contributed by atoms with Gasteiger partial charge in [0, 0.05) is 31.3 Å². The van der Waals surface area contributed by atoms with E-state index in [9.17, 15) is 4.79 Å². The first kappa shape index (κ1) is 16.2. The number of pyridine rings is 2. The number of carbonyl (C=O) groups is 1. The van der Waals surface area contributed by atoms with Crippen LogP contribution >= 0.6 is 11.3 Å². The van der Waals surface area contributed by atoms with Crippen LogP contribution in [0.5, 0.6) is 0 Å². The minimum absolute atomic E-state index is 0.0748. The molecule has 0 unspecified atom stereocenters. The summed E-state index contributed by atoms with van der Waals surface area (Å²) in [5.41, 5.74) is 2.16. The topological polar surface area (TPSA) is 55.3 Å². The summed E-state index contributed by atoms with van der Waals surface area (Å²) in [7, 11) is 0. The molecule has 3 aromatic heterocycles. The van der Waals surface area contributed by atoms with Crippen LogP contribution in [0.1, 0.15) is 28.9 Å². The number of amides is 1. The maximum atomic E-state index is 13.1. The monoisotopic (exact) mass is 353 g/mol. The highest BCUT2D eigenvalue weighted by Gasteiger charge is 2.24. The van der Waals surface area contributed by atoms with E-state index in [-0.39, 0.29) is 12.0 Å². The van der Waals surface area contributed by atoms with E-state index in [1.54, 1.807) is 23.6 Å². The van der Waals surface area contributed by atoms with Gasteiger partial charge >= 0.3 is 0 Å². The van der Waals surface area contributed by atoms with E-state index in [1.165, 1.54) is 0 Å². The third-order valence-electron chi connectivity index (χ3n) is 4.37. The van der Waals surface area contributed by atoms with E-state index in [0.29, 0.717) is 24.4 Å². The SMILES string of the molecule is O=C(c1ccc2cccnc2n1)N(Cc1ccsc1)C[C@H]1CCCO1. The maximum Gasteiger partial charge on any atom is 0.272 e. The maximum absolute atomic E-state index is 13.1. The van der Waals surface area contributed by atoms with Gasteiger partial charge in [-0.25, -0.2) is 9.97 Å². The number of ether oxygens (including phenoxy) is 1. The molecular weight excluding hydrogens is 334 g/mol. The molecule has 4 heterocycles. The van der Waals surface area contributed by atoms with Gasteiger partial charge in [-0.3, -0.25) is 4.79 Å². The average Bonchev–Trinajstić information content (AvgIpc) is 3.34. The van der Waals surface area contributed by atoms with Crippen molar-refractivity contribution >= 4 is 28.3 Å². The number of hydrogen-bond acceptors (Lipinski definition) is 5. The van der Waals surface area contributed by atoms with Crippen LogP contribution in [0.15, 0.2) is 47.3 Å². The quantitative estimate of drug-likeness (QED) is 0.704. The molecule has 1 aliphatic rings. The summed E-state index contributed by atoms with van der Waals surface area (Å²) in [6.45, 7) is 1.95. The Morgan fingerprint density at radius 1 is 1.32 bits per heavy atom. The molecule has 0 radical (unpaired) electrons. The van der Waals surface area contributed by atoms with Gasteiger partial charge in [0.2, 0.25) is 0 Å². The normalized spacial score (nSPS) is 17.0. The van der Waals surface area contributed by atoms with E-state index in [4.69, 9.17) is 4.74 Å². The number of rotatable bonds is 5. The lowest BCUT2D eigenvalue weighted by Gasteiger charge is -2.25. The molecule has 0 spiro atoms. The lowest BCUT2D eigenvalue weighted by molar-refractivity contribution is 0.0503. The van der Waals surface area contributed by atoms with E-state index < -0.39 is 0 Å². The highest BCUT2D eigenvalue weighted by atomic mass is 32.1. The second-order valence-corrected chi connectivity index (χ2v) is 6.98. The van der Waals surface area contributed by atoms with E-state index >= 15 is 0 Å². The van der Waals surface area contributed by atoms with Crippen molar-refractivity contribution in [2.75, 3.05) is 13.2 Å². The summed E-state index contributed by atoms with van der Waals surface area (Å²) in [4.78, 5) is 23.6. The lowest BCUT2D eigenvalue weighted by Crippen LogP contribution is -2.37. The Labute approximate surface area is 150 Å². The molecule has 3 aromatic rings. The highest BCUT2D eigenvalue weighted by Crippen LogP contribution is 2.19. The number of nitrogens with zero attached hydrogens (tertiary/aromatic N) is 3. The lowest BCUT2D eigenvalue weighted by atomic mass is 10.2. The van der Waals surface area contributed by atoms with Crippen molar-refractivity contribution in [3.05, 3.63) is 58.5 Å². The van der Waals surface area contributed by atoms with Crippen LogP contribution in [-0.4, -0.2) is 40.0 Å². The van der Waals surface area contributed by atoms with Crippen molar-refractivity contribution in [2.24, 2.45) is 0 Å². The zero-order valence-corrected chi connectivity index (χ0v) is 14.6. The van der Waals surface area contributed by atoms with Gasteiger partial charge in [-0.2, -0.15) is 11.3 Å². The van der Waals surface area contributed by atoms with Crippen molar-refractivity contribution in [3.8, 4) is 0 Å². The van der Waals surface area contributed by atoms with Crippen LogP contribution in [-0.2, 0) is 11.3 Å². The first-order valence-corrected chi connectivity index (χ1v) is 9.37. The molecule has 4 rings (SSSR count). The molecule has 5 nitrogen and oxygen atoms in total. The number of fused-ring (bicyclic) bond motifs is 1. The van der Waals surface area contributed by atoms with Gasteiger partial charge in [0.15, 0.2) is 5.65 Å². The Morgan fingerprint density at radius 2 is 2.28 bits per heavy atom. The summed E-state index contributed by atoms with van der Waals surface area (Å²) in [5, 5.41) is 5.04. The van der Waals surface area contributed by atoms with Crippen molar-refractivity contribution in [1.29, 1.82) is 0 Å². The zero-order chi connectivity index (χ0) is 17.1. The number of hydrogen-bond donors (Lipinski definition) is 0. The minimum atomic E-state index is -0.0748. The summed E-state index contributed by atoms with van der Waals surface area (Å²) in [6, 6.07) is 9.54. The van der Waals surface area contributed by atoms with Crippen molar-refractivity contribution in [1.82, 2.24) is 14.9 Å². The third kappa shape index (κ3) is 3.70. The standard InChI is InChI=1S/C19H19N3O2S/c23-19(17-6-5-15-3-1-8-20-18(15)21-17)22(11-14-7-10-25-13-14)12-16-4-2-9-24-16/h1,3,5-8,10,13,16H,2,4,9,11-12H2/t16-/m1/s1. The van der Waals surface area contributed by atoms with Crippen molar-refractivity contribution < 1.29 is 9.53 Å². The van der Waals surface area contributed by atoms with E-state index in [2.05, 4.69) is 21.4 Å². The van der Waals surface area contributed by atoms with Crippen LogP contribution in [0.3, 0.4) is 0 Å². The second-order valence-electron chi connectivity index (χ2n) is 6.20. The molecule has 0 saturated carbocycles. The predicted octanol–water partition coefficient (Wildman–Crippen LogP) is 3.51. The summed E-state index contributed by atoms with van der Waals surface area (Å²) >= 11 is 1.64. The Kier molecular flexibility index (Phi) is 4.72. The Hall–Kier alpha value is -2.31. The average molecular weight is 353 g/mol. The van der Waals surface area contributed by atoms with Crippen LogP contribution in [0.25, 0.3) is 11.0 Å². The summed E-state index contributed by atoms with van der Waals surface area (Å²) in [5.74, 6) is -0.0748. The molecular formula is C19H19N3O2S. The largest absolute Gasteiger partial charge is 0.376 e. The van der Waals surface area contributed by atoms with Crippen LogP contribution in [0, 0.1) is 0 Å². The fourth-order valence-electron chi connectivity index (χ4n) is 3.09. The molecule has 6 heteroatoms. The second kappa shape index (κ2) is 7.29. The number of thiophene rings is 1. The van der Waals surface area contributed by atoms with Gasteiger partial charge in [0.25, 0.3) is 5.91 Å². The molecule has 0 aromatic carbocycles. The van der Waals surface area contributed by atoms with Gasteiger partial charge < -0.3 is 9.64 Å². The van der Waals surface area contributed by atoms with Gasteiger partial charge in [-0.1, -0.05) is 0 Å². The molecule has 1 saturated heterocycles. The van der Waals surface area contributed by atoms with Gasteiger partial charge in [-0.15, -0.1) is 0 Å².